The van der Waals surface area contributed by atoms with Gasteiger partial charge in [0.15, 0.2) is 0 Å². The number of benzene rings is 2. The zero-order chi connectivity index (χ0) is 27.9. The number of rotatable bonds is 9. The summed E-state index contributed by atoms with van der Waals surface area (Å²) in [6.45, 7) is 5.88. The molecular formula is C29H34ClN3O6. The molecule has 3 heterocycles. The van der Waals surface area contributed by atoms with Gasteiger partial charge in [0, 0.05) is 5.69 Å². The minimum atomic E-state index is -1.18. The van der Waals surface area contributed by atoms with Gasteiger partial charge in [-0.3, -0.25) is 14.4 Å². The number of nitrogens with zero attached hydrogens (tertiary/aromatic N) is 1. The number of carbonyl (C=O) groups excluding carboxylic acids is 3. The lowest BCUT2D eigenvalue weighted by molar-refractivity contribution is -0.144. The first kappa shape index (κ1) is 27.4. The number of aliphatic hydroxyl groups is 1. The van der Waals surface area contributed by atoms with Crippen LogP contribution in [0.25, 0.3) is 0 Å². The average Bonchev–Trinajstić information content (AvgIpc) is 3.55. The number of likely N-dealkylation sites (tertiary alicyclic amines) is 1. The van der Waals surface area contributed by atoms with E-state index in [4.69, 9.17) is 21.1 Å². The van der Waals surface area contributed by atoms with Crippen LogP contribution in [0.1, 0.15) is 33.6 Å². The van der Waals surface area contributed by atoms with E-state index in [0.717, 1.165) is 0 Å². The molecule has 2 aromatic carbocycles. The van der Waals surface area contributed by atoms with Crippen molar-refractivity contribution in [2.45, 2.75) is 57.4 Å². The van der Waals surface area contributed by atoms with E-state index in [2.05, 4.69) is 10.6 Å². The lowest BCUT2D eigenvalue weighted by Gasteiger charge is -2.38. The molecule has 3 aliphatic heterocycles. The molecule has 6 atom stereocenters. The lowest BCUT2D eigenvalue weighted by atomic mass is 9.70. The predicted molar refractivity (Wildman–Crippen MR) is 146 cm³/mol. The molecule has 39 heavy (non-hydrogen) atoms. The largest absolute Gasteiger partial charge is 0.494 e. The second-order valence-corrected chi connectivity index (χ2v) is 11.1. The highest BCUT2D eigenvalue weighted by Gasteiger charge is 2.75. The van der Waals surface area contributed by atoms with Gasteiger partial charge in [0.2, 0.25) is 17.7 Å². The van der Waals surface area contributed by atoms with Gasteiger partial charge >= 0.3 is 0 Å². The van der Waals surface area contributed by atoms with Gasteiger partial charge in [-0.2, -0.15) is 0 Å². The third-order valence-electron chi connectivity index (χ3n) is 8.17. The number of hydrogen-bond donors (Lipinski definition) is 3. The topological polar surface area (TPSA) is 117 Å². The Hall–Kier alpha value is -3.14. The molecule has 3 fully saturated rings. The maximum Gasteiger partial charge on any atom is 0.250 e. The third-order valence-corrected chi connectivity index (χ3v) is 8.50. The fraction of sp³-hybridized carbons (Fsp3) is 0.483. The summed E-state index contributed by atoms with van der Waals surface area (Å²) in [6, 6.07) is 12.2. The molecule has 3 amide bonds. The van der Waals surface area contributed by atoms with Crippen LogP contribution in [-0.4, -0.2) is 64.7 Å². The maximum absolute atomic E-state index is 14.1. The number of ether oxygens (including phenoxy) is 2. The van der Waals surface area contributed by atoms with E-state index < -0.39 is 41.5 Å². The molecule has 0 radical (unpaired) electrons. The van der Waals surface area contributed by atoms with E-state index in [1.165, 1.54) is 4.90 Å². The summed E-state index contributed by atoms with van der Waals surface area (Å²) >= 11 is 6.31. The molecule has 208 valence electrons. The van der Waals surface area contributed by atoms with Gasteiger partial charge in [-0.1, -0.05) is 37.6 Å². The van der Waals surface area contributed by atoms with E-state index >= 15 is 0 Å². The van der Waals surface area contributed by atoms with Crippen molar-refractivity contribution in [2.24, 2.45) is 17.8 Å². The average molecular weight is 556 g/mol. The Balaban J connectivity index is 1.47. The third kappa shape index (κ3) is 4.66. The summed E-state index contributed by atoms with van der Waals surface area (Å²) in [4.78, 5) is 43.1. The normalized spacial score (nSPS) is 27.9. The van der Waals surface area contributed by atoms with Gasteiger partial charge in [-0.25, -0.2) is 0 Å². The molecule has 0 aromatic heterocycles. The fourth-order valence-corrected chi connectivity index (χ4v) is 6.64. The van der Waals surface area contributed by atoms with Crippen molar-refractivity contribution < 1.29 is 29.0 Å². The number of para-hydroxylation sites is 1. The van der Waals surface area contributed by atoms with Crippen molar-refractivity contribution >= 4 is 40.7 Å². The molecule has 2 unspecified atom stereocenters. The van der Waals surface area contributed by atoms with Crippen LogP contribution in [0.15, 0.2) is 48.5 Å². The summed E-state index contributed by atoms with van der Waals surface area (Å²) in [5.41, 5.74) is -0.194. The molecular weight excluding hydrogens is 522 g/mol. The number of fused-ring (bicyclic) bond motifs is 1. The summed E-state index contributed by atoms with van der Waals surface area (Å²) in [6.07, 6.45) is 0.500. The van der Waals surface area contributed by atoms with E-state index in [1.807, 2.05) is 20.8 Å². The van der Waals surface area contributed by atoms with Crippen molar-refractivity contribution in [3.63, 3.8) is 0 Å². The highest BCUT2D eigenvalue weighted by atomic mass is 35.5. The second kappa shape index (κ2) is 10.8. The molecule has 2 bridgehead atoms. The Bertz CT molecular complexity index is 1250. The number of carbonyl (C=O) groups is 3. The minimum absolute atomic E-state index is 0.141. The zero-order valence-electron chi connectivity index (χ0n) is 22.2. The van der Waals surface area contributed by atoms with Crippen LogP contribution in [0, 0.1) is 17.8 Å². The first-order chi connectivity index (χ1) is 18.7. The molecule has 3 aliphatic rings. The number of anilines is 2. The monoisotopic (exact) mass is 555 g/mol. The van der Waals surface area contributed by atoms with Crippen molar-refractivity contribution in [3.05, 3.63) is 53.6 Å². The minimum Gasteiger partial charge on any atom is -0.494 e. The van der Waals surface area contributed by atoms with Crippen LogP contribution in [0.3, 0.4) is 0 Å². The first-order valence-corrected chi connectivity index (χ1v) is 13.8. The molecule has 0 saturated carbocycles. The van der Waals surface area contributed by atoms with E-state index in [-0.39, 0.29) is 24.3 Å². The molecule has 2 aromatic rings. The smallest absolute Gasteiger partial charge is 0.250 e. The number of hydrogen-bond acceptors (Lipinski definition) is 6. The summed E-state index contributed by atoms with van der Waals surface area (Å²) in [5, 5.41) is 16.5. The fourth-order valence-electron chi connectivity index (χ4n) is 6.46. The lowest BCUT2D eigenvalue weighted by Crippen LogP contribution is -2.57. The van der Waals surface area contributed by atoms with Gasteiger partial charge < -0.3 is 30.1 Å². The Labute approximate surface area is 232 Å². The van der Waals surface area contributed by atoms with Gasteiger partial charge in [0.25, 0.3) is 0 Å². The van der Waals surface area contributed by atoms with E-state index in [0.29, 0.717) is 41.6 Å². The van der Waals surface area contributed by atoms with E-state index in [9.17, 15) is 19.5 Å². The van der Waals surface area contributed by atoms with Crippen molar-refractivity contribution in [1.29, 1.82) is 0 Å². The molecule has 1 spiro atoms. The van der Waals surface area contributed by atoms with Gasteiger partial charge in [0.1, 0.15) is 17.4 Å². The van der Waals surface area contributed by atoms with Crippen molar-refractivity contribution in [1.82, 2.24) is 4.90 Å². The highest BCUT2D eigenvalue weighted by molar-refractivity contribution is 6.33. The summed E-state index contributed by atoms with van der Waals surface area (Å²) in [5.74, 6) is -2.21. The van der Waals surface area contributed by atoms with Crippen LogP contribution in [0.2, 0.25) is 5.02 Å². The Morgan fingerprint density at radius 1 is 1.15 bits per heavy atom. The molecule has 5 rings (SSSR count). The first-order valence-electron chi connectivity index (χ1n) is 13.4. The Kier molecular flexibility index (Phi) is 7.59. The number of halogens is 1. The summed E-state index contributed by atoms with van der Waals surface area (Å²) < 4.78 is 11.9. The maximum atomic E-state index is 14.1. The second-order valence-electron chi connectivity index (χ2n) is 10.7. The van der Waals surface area contributed by atoms with Crippen LogP contribution in [0.4, 0.5) is 11.4 Å². The summed E-state index contributed by atoms with van der Waals surface area (Å²) in [7, 11) is 0. The standard InChI is InChI=1S/C29H34ClN3O6/c1-4-38-18-11-9-17(10-12-18)31-26(35)23-22-13-14-29(39-22)24(23)28(37)33(21(15-34)16(2)3)25(29)27(36)32-20-8-6-5-7-19(20)30/h5-12,16,21-25,34H,4,13-15H2,1-3H3,(H,31,35)(H,32,36)/t21-,22-,23+,24-,25?,29?/m0/s1. The van der Waals surface area contributed by atoms with Crippen LogP contribution < -0.4 is 15.4 Å². The van der Waals surface area contributed by atoms with Gasteiger partial charge in [0.05, 0.1) is 47.9 Å². The zero-order valence-corrected chi connectivity index (χ0v) is 23.0. The van der Waals surface area contributed by atoms with Crippen LogP contribution in [-0.2, 0) is 19.1 Å². The predicted octanol–water partition coefficient (Wildman–Crippen LogP) is 3.71. The van der Waals surface area contributed by atoms with Gasteiger partial charge in [-0.15, -0.1) is 0 Å². The molecule has 0 aliphatic carbocycles. The molecule has 10 heteroatoms. The quantitative estimate of drug-likeness (QED) is 0.434. The molecule has 9 nitrogen and oxygen atoms in total. The van der Waals surface area contributed by atoms with Crippen LogP contribution >= 0.6 is 11.6 Å². The number of amides is 3. The number of aliphatic hydroxyl groups excluding tert-OH is 1. The van der Waals surface area contributed by atoms with Gasteiger partial charge in [-0.05, 0) is 62.1 Å². The van der Waals surface area contributed by atoms with Crippen molar-refractivity contribution in [3.8, 4) is 5.75 Å². The molecule has 3 saturated heterocycles. The van der Waals surface area contributed by atoms with Crippen molar-refractivity contribution in [2.75, 3.05) is 23.8 Å². The Morgan fingerprint density at radius 3 is 2.51 bits per heavy atom. The Morgan fingerprint density at radius 2 is 1.87 bits per heavy atom. The van der Waals surface area contributed by atoms with E-state index in [1.54, 1.807) is 48.5 Å². The highest BCUT2D eigenvalue weighted by Crippen LogP contribution is 2.59. The SMILES string of the molecule is CCOc1ccc(NC(=O)[C@@H]2[C@@H]3CCC4(O3)C(C(=O)Nc3ccccc3Cl)N([C@@H](CO)C(C)C)C(=O)[C@H]24)cc1. The molecule has 3 N–H and O–H groups in total. The van der Waals surface area contributed by atoms with Crippen LogP contribution in [0.5, 0.6) is 5.75 Å². The number of nitrogens with one attached hydrogen (secondary N) is 2.